The zero-order valence-electron chi connectivity index (χ0n) is 5.11. The lowest BCUT2D eigenvalue weighted by Gasteiger charge is -2.13. The molecule has 50 valence electrons. The molecule has 1 aliphatic heterocycles. The van der Waals surface area contributed by atoms with Gasteiger partial charge in [-0.3, -0.25) is 0 Å². The quantitative estimate of drug-likeness (QED) is 0.497. The maximum absolute atomic E-state index is 5.72. The molecule has 0 amide bonds. The number of nitrogens with one attached hydrogen (secondary N) is 1. The van der Waals surface area contributed by atoms with Crippen molar-refractivity contribution in [1.29, 1.82) is 0 Å². The molecule has 1 rings (SSSR count). The Bertz CT molecular complexity index is 64.8. The summed E-state index contributed by atoms with van der Waals surface area (Å²) in [5.74, 6) is 0. The Hall–Kier alpha value is 0.210. The molecule has 1 aliphatic rings. The Morgan fingerprint density at radius 2 is 2.25 bits per heavy atom. The molecule has 3 N–H and O–H groups in total. The third-order valence-electron chi connectivity index (χ3n) is 1.40. The van der Waals surface area contributed by atoms with Crippen molar-refractivity contribution in [3.05, 3.63) is 0 Å². The molecule has 0 unspecified atom stereocenters. The Morgan fingerprint density at radius 3 is 2.38 bits per heavy atom. The average molecular weight is 137 g/mol. The van der Waals surface area contributed by atoms with Gasteiger partial charge in [0.25, 0.3) is 0 Å². The first-order chi connectivity index (χ1) is 3.21. The lowest BCUT2D eigenvalue weighted by molar-refractivity contribution is 0.519. The fourth-order valence-corrected chi connectivity index (χ4v) is 0.836. The molecule has 0 aromatic heterocycles. The van der Waals surface area contributed by atoms with E-state index in [9.17, 15) is 0 Å². The van der Waals surface area contributed by atoms with Gasteiger partial charge in [-0.1, -0.05) is 0 Å². The van der Waals surface area contributed by atoms with E-state index >= 15 is 0 Å². The van der Waals surface area contributed by atoms with E-state index in [1.165, 1.54) is 0 Å². The minimum Gasteiger partial charge on any atom is -0.324 e. The standard InChI is InChI=1S/C5H12N2.ClH/c1-5(6)2-3-7-4-5;/h7H,2-4,6H2,1H3;1H/t5-;/m0./s1. The molecule has 1 saturated heterocycles. The third-order valence-corrected chi connectivity index (χ3v) is 1.40. The minimum atomic E-state index is 0. The zero-order chi connectivity index (χ0) is 5.33. The van der Waals surface area contributed by atoms with Crippen LogP contribution in [-0.2, 0) is 0 Å². The molecule has 2 nitrogen and oxygen atoms in total. The van der Waals surface area contributed by atoms with Gasteiger partial charge in [-0.15, -0.1) is 12.4 Å². The molecule has 0 aliphatic carbocycles. The van der Waals surface area contributed by atoms with Crippen LogP contribution in [0.3, 0.4) is 0 Å². The average Bonchev–Trinajstić information content (AvgIpc) is 1.84. The highest BCUT2D eigenvalue weighted by molar-refractivity contribution is 5.85. The van der Waals surface area contributed by atoms with E-state index in [1.807, 2.05) is 0 Å². The molecule has 1 atom stereocenters. The Balaban J connectivity index is 0.000000490. The summed E-state index contributed by atoms with van der Waals surface area (Å²) in [5.41, 5.74) is 5.80. The number of rotatable bonds is 0. The van der Waals surface area contributed by atoms with Crippen molar-refractivity contribution >= 4 is 12.4 Å². The van der Waals surface area contributed by atoms with Crippen molar-refractivity contribution in [2.45, 2.75) is 18.9 Å². The van der Waals surface area contributed by atoms with Gasteiger partial charge in [-0.05, 0) is 19.9 Å². The Labute approximate surface area is 56.2 Å². The first kappa shape index (κ1) is 8.21. The molecule has 0 aromatic carbocycles. The summed E-state index contributed by atoms with van der Waals surface area (Å²) in [7, 11) is 0. The third kappa shape index (κ3) is 1.99. The number of hydrogen-bond donors (Lipinski definition) is 2. The lowest BCUT2D eigenvalue weighted by atomic mass is 10.0. The van der Waals surface area contributed by atoms with Crippen LogP contribution in [0.25, 0.3) is 0 Å². The van der Waals surface area contributed by atoms with Crippen LogP contribution >= 0.6 is 12.4 Å². The Morgan fingerprint density at radius 1 is 1.62 bits per heavy atom. The maximum Gasteiger partial charge on any atom is 0.0264 e. The van der Waals surface area contributed by atoms with Gasteiger partial charge in [0.1, 0.15) is 0 Å². The molecule has 8 heavy (non-hydrogen) atoms. The second-order valence-corrected chi connectivity index (χ2v) is 2.58. The summed E-state index contributed by atoms with van der Waals surface area (Å²) in [4.78, 5) is 0. The molecular formula is C5H13ClN2. The van der Waals surface area contributed by atoms with Gasteiger partial charge in [0.2, 0.25) is 0 Å². The molecule has 0 spiro atoms. The van der Waals surface area contributed by atoms with Crippen LogP contribution in [0.1, 0.15) is 13.3 Å². The van der Waals surface area contributed by atoms with Crippen LogP contribution in [0.2, 0.25) is 0 Å². The minimum absolute atomic E-state index is 0. The first-order valence-electron chi connectivity index (χ1n) is 2.70. The molecule has 3 heteroatoms. The van der Waals surface area contributed by atoms with E-state index in [1.54, 1.807) is 0 Å². The van der Waals surface area contributed by atoms with E-state index in [-0.39, 0.29) is 17.9 Å². The van der Waals surface area contributed by atoms with E-state index in [0.717, 1.165) is 19.5 Å². The maximum atomic E-state index is 5.72. The highest BCUT2D eigenvalue weighted by atomic mass is 35.5. The zero-order valence-corrected chi connectivity index (χ0v) is 5.92. The van der Waals surface area contributed by atoms with Gasteiger partial charge in [-0.2, -0.15) is 0 Å². The summed E-state index contributed by atoms with van der Waals surface area (Å²) in [6.07, 6.45) is 1.12. The highest BCUT2D eigenvalue weighted by Gasteiger charge is 2.22. The number of halogens is 1. The monoisotopic (exact) mass is 136 g/mol. The molecule has 1 heterocycles. The van der Waals surface area contributed by atoms with Crippen LogP contribution < -0.4 is 11.1 Å². The summed E-state index contributed by atoms with van der Waals surface area (Å²) < 4.78 is 0. The van der Waals surface area contributed by atoms with Crippen molar-refractivity contribution in [2.24, 2.45) is 5.73 Å². The van der Waals surface area contributed by atoms with Gasteiger partial charge in [0, 0.05) is 12.1 Å². The van der Waals surface area contributed by atoms with Crippen molar-refractivity contribution in [3.8, 4) is 0 Å². The van der Waals surface area contributed by atoms with Gasteiger partial charge in [0.15, 0.2) is 0 Å². The number of hydrogen-bond acceptors (Lipinski definition) is 2. The Kier molecular flexibility index (Phi) is 2.74. The second kappa shape index (κ2) is 2.67. The van der Waals surface area contributed by atoms with E-state index < -0.39 is 0 Å². The predicted molar refractivity (Wildman–Crippen MR) is 37.3 cm³/mol. The van der Waals surface area contributed by atoms with Crippen LogP contribution in [0.4, 0.5) is 0 Å². The molecule has 0 radical (unpaired) electrons. The largest absolute Gasteiger partial charge is 0.324 e. The topological polar surface area (TPSA) is 38.0 Å². The SMILES string of the molecule is C[C@]1(N)CCNC1.Cl. The molecule has 0 aromatic rings. The highest BCUT2D eigenvalue weighted by Crippen LogP contribution is 2.07. The summed E-state index contributed by atoms with van der Waals surface area (Å²) >= 11 is 0. The van der Waals surface area contributed by atoms with Crippen LogP contribution in [-0.4, -0.2) is 18.6 Å². The van der Waals surface area contributed by atoms with Crippen LogP contribution in [0, 0.1) is 0 Å². The van der Waals surface area contributed by atoms with Crippen LogP contribution in [0.5, 0.6) is 0 Å². The molecular weight excluding hydrogens is 124 g/mol. The molecule has 0 bridgehead atoms. The summed E-state index contributed by atoms with van der Waals surface area (Å²) in [5, 5.41) is 3.19. The van der Waals surface area contributed by atoms with Gasteiger partial charge >= 0.3 is 0 Å². The number of nitrogens with two attached hydrogens (primary N) is 1. The van der Waals surface area contributed by atoms with Gasteiger partial charge < -0.3 is 11.1 Å². The normalized spacial score (nSPS) is 36.8. The smallest absolute Gasteiger partial charge is 0.0264 e. The van der Waals surface area contributed by atoms with Gasteiger partial charge in [-0.25, -0.2) is 0 Å². The first-order valence-corrected chi connectivity index (χ1v) is 2.70. The van der Waals surface area contributed by atoms with Crippen molar-refractivity contribution in [1.82, 2.24) is 5.32 Å². The van der Waals surface area contributed by atoms with Crippen molar-refractivity contribution < 1.29 is 0 Å². The fourth-order valence-electron chi connectivity index (χ4n) is 0.836. The molecule has 1 fully saturated rings. The lowest BCUT2D eigenvalue weighted by Crippen LogP contribution is -2.37. The predicted octanol–water partition coefficient (Wildman–Crippen LogP) is 0.119. The van der Waals surface area contributed by atoms with E-state index in [4.69, 9.17) is 5.73 Å². The summed E-state index contributed by atoms with van der Waals surface area (Å²) in [6.45, 7) is 4.15. The molecule has 0 saturated carbocycles. The second-order valence-electron chi connectivity index (χ2n) is 2.58. The van der Waals surface area contributed by atoms with Crippen molar-refractivity contribution in [2.75, 3.05) is 13.1 Å². The van der Waals surface area contributed by atoms with Crippen molar-refractivity contribution in [3.63, 3.8) is 0 Å². The van der Waals surface area contributed by atoms with Gasteiger partial charge in [0.05, 0.1) is 0 Å². The van der Waals surface area contributed by atoms with E-state index in [2.05, 4.69) is 12.2 Å². The summed E-state index contributed by atoms with van der Waals surface area (Å²) in [6, 6.07) is 0. The van der Waals surface area contributed by atoms with E-state index in [0.29, 0.717) is 0 Å². The van der Waals surface area contributed by atoms with Crippen LogP contribution in [0.15, 0.2) is 0 Å². The fraction of sp³-hybridized carbons (Fsp3) is 1.00.